The van der Waals surface area contributed by atoms with E-state index in [1.165, 1.54) is 12.1 Å². The van der Waals surface area contributed by atoms with Gasteiger partial charge in [0, 0.05) is 27.9 Å². The molecule has 0 amide bonds. The molecule has 0 aliphatic heterocycles. The Bertz CT molecular complexity index is 847. The molecule has 122 valence electrons. The smallest absolute Gasteiger partial charge is 0.258 e. The van der Waals surface area contributed by atoms with Crippen LogP contribution in [0.5, 0.6) is 0 Å². The van der Waals surface area contributed by atoms with Crippen molar-refractivity contribution in [3.8, 4) is 11.1 Å². The van der Waals surface area contributed by atoms with E-state index in [1.54, 1.807) is 30.3 Å². The van der Waals surface area contributed by atoms with Crippen LogP contribution < -0.4 is 0 Å². The van der Waals surface area contributed by atoms with Crippen molar-refractivity contribution < 1.29 is 13.3 Å². The highest BCUT2D eigenvalue weighted by Gasteiger charge is 2.20. The van der Waals surface area contributed by atoms with Gasteiger partial charge in [-0.2, -0.15) is 0 Å². The molecule has 7 heteroatoms. The summed E-state index contributed by atoms with van der Waals surface area (Å²) >= 11 is 0. The van der Waals surface area contributed by atoms with Crippen LogP contribution in [0.2, 0.25) is 0 Å². The highest BCUT2D eigenvalue weighted by molar-refractivity contribution is 8.13. The van der Waals surface area contributed by atoms with Crippen molar-refractivity contribution in [2.45, 2.75) is 25.2 Å². The lowest BCUT2D eigenvalue weighted by molar-refractivity contribution is -0.385. The standard InChI is InChI=1S/C16H16ClNO4S/c1-11(2)9-13-8-7-12(10-15(13)18(19)20)14-5-3-4-6-16(14)23(17,21)22/h3-8,10-11H,9H2,1-2H3. The van der Waals surface area contributed by atoms with E-state index in [2.05, 4.69) is 0 Å². The van der Waals surface area contributed by atoms with E-state index in [9.17, 15) is 18.5 Å². The van der Waals surface area contributed by atoms with E-state index in [-0.39, 0.29) is 16.5 Å². The average Bonchev–Trinajstić information content (AvgIpc) is 2.46. The molecule has 0 N–H and O–H groups in total. The van der Waals surface area contributed by atoms with E-state index in [0.717, 1.165) is 0 Å². The maximum atomic E-state index is 11.7. The van der Waals surface area contributed by atoms with E-state index in [4.69, 9.17) is 10.7 Å². The fraction of sp³-hybridized carbons (Fsp3) is 0.250. The summed E-state index contributed by atoms with van der Waals surface area (Å²) in [5, 5.41) is 11.3. The Morgan fingerprint density at radius 2 is 1.83 bits per heavy atom. The third-order valence-electron chi connectivity index (χ3n) is 3.37. The molecule has 0 radical (unpaired) electrons. The lowest BCUT2D eigenvalue weighted by atomic mass is 9.97. The van der Waals surface area contributed by atoms with Gasteiger partial charge in [0.05, 0.1) is 9.82 Å². The summed E-state index contributed by atoms with van der Waals surface area (Å²) in [5.74, 6) is 0.273. The second kappa shape index (κ2) is 6.68. The topological polar surface area (TPSA) is 77.3 Å². The summed E-state index contributed by atoms with van der Waals surface area (Å²) < 4.78 is 23.4. The average molecular weight is 354 g/mol. The molecule has 0 saturated carbocycles. The van der Waals surface area contributed by atoms with Crippen LogP contribution in [-0.2, 0) is 15.5 Å². The fourth-order valence-corrected chi connectivity index (χ4v) is 3.52. The number of hydrogen-bond acceptors (Lipinski definition) is 4. The van der Waals surface area contributed by atoms with Crippen LogP contribution in [0.3, 0.4) is 0 Å². The van der Waals surface area contributed by atoms with E-state index < -0.39 is 14.0 Å². The third-order valence-corrected chi connectivity index (χ3v) is 4.75. The first-order chi connectivity index (χ1) is 10.7. The molecule has 0 spiro atoms. The molecule has 0 aliphatic rings. The highest BCUT2D eigenvalue weighted by atomic mass is 35.7. The zero-order valence-electron chi connectivity index (χ0n) is 12.7. The summed E-state index contributed by atoms with van der Waals surface area (Å²) in [6.45, 7) is 3.96. The minimum atomic E-state index is -3.94. The predicted molar refractivity (Wildman–Crippen MR) is 90.1 cm³/mol. The minimum absolute atomic E-state index is 0.0158. The number of nitrogens with zero attached hydrogens (tertiary/aromatic N) is 1. The van der Waals surface area contributed by atoms with Crippen molar-refractivity contribution in [2.75, 3.05) is 0 Å². The molecular formula is C16H16ClNO4S. The number of nitro benzene ring substituents is 1. The monoisotopic (exact) mass is 353 g/mol. The molecule has 0 aliphatic carbocycles. The summed E-state index contributed by atoms with van der Waals surface area (Å²) in [4.78, 5) is 10.8. The van der Waals surface area contributed by atoms with Crippen LogP contribution >= 0.6 is 10.7 Å². The van der Waals surface area contributed by atoms with Gasteiger partial charge < -0.3 is 0 Å². The third kappa shape index (κ3) is 4.09. The van der Waals surface area contributed by atoms with Crippen LogP contribution in [0, 0.1) is 16.0 Å². The molecule has 0 bridgehead atoms. The lowest BCUT2D eigenvalue weighted by Crippen LogP contribution is -2.01. The van der Waals surface area contributed by atoms with Crippen molar-refractivity contribution in [3.05, 3.63) is 58.1 Å². The summed E-state index contributed by atoms with van der Waals surface area (Å²) in [7, 11) is 1.51. The van der Waals surface area contributed by atoms with Gasteiger partial charge in [0.15, 0.2) is 0 Å². The second-order valence-corrected chi connectivity index (χ2v) is 8.17. The maximum Gasteiger partial charge on any atom is 0.273 e. The maximum absolute atomic E-state index is 11.7. The number of benzene rings is 2. The normalized spacial score (nSPS) is 11.7. The predicted octanol–water partition coefficient (Wildman–Crippen LogP) is 4.39. The number of hydrogen-bond donors (Lipinski definition) is 0. The minimum Gasteiger partial charge on any atom is -0.258 e. The van der Waals surface area contributed by atoms with E-state index >= 15 is 0 Å². The zero-order chi connectivity index (χ0) is 17.2. The first kappa shape index (κ1) is 17.4. The molecule has 2 aromatic rings. The number of halogens is 1. The molecule has 0 unspecified atom stereocenters. The Hall–Kier alpha value is -1.92. The Balaban J connectivity index is 2.63. The molecule has 23 heavy (non-hydrogen) atoms. The van der Waals surface area contributed by atoms with E-state index in [1.807, 2.05) is 13.8 Å². The molecule has 0 fully saturated rings. The molecular weight excluding hydrogens is 338 g/mol. The number of nitro groups is 1. The van der Waals surface area contributed by atoms with Crippen molar-refractivity contribution >= 4 is 25.4 Å². The molecule has 2 aromatic carbocycles. The van der Waals surface area contributed by atoms with Gasteiger partial charge >= 0.3 is 0 Å². The van der Waals surface area contributed by atoms with Crippen LogP contribution in [0.15, 0.2) is 47.4 Å². The Kier molecular flexibility index (Phi) is 5.06. The zero-order valence-corrected chi connectivity index (χ0v) is 14.3. The SMILES string of the molecule is CC(C)Cc1ccc(-c2ccccc2S(=O)(=O)Cl)cc1[N+](=O)[O-]. The largest absolute Gasteiger partial charge is 0.273 e. The first-order valence-corrected chi connectivity index (χ1v) is 9.32. The van der Waals surface area contributed by atoms with Crippen molar-refractivity contribution in [2.24, 2.45) is 5.92 Å². The first-order valence-electron chi connectivity index (χ1n) is 7.01. The van der Waals surface area contributed by atoms with Crippen molar-refractivity contribution in [3.63, 3.8) is 0 Å². The van der Waals surface area contributed by atoms with Crippen molar-refractivity contribution in [1.29, 1.82) is 0 Å². The van der Waals surface area contributed by atoms with Gasteiger partial charge in [0.1, 0.15) is 0 Å². The van der Waals surface area contributed by atoms with Gasteiger partial charge in [-0.15, -0.1) is 0 Å². The molecule has 0 heterocycles. The molecule has 0 aromatic heterocycles. The van der Waals surface area contributed by atoms with E-state index in [0.29, 0.717) is 23.1 Å². The summed E-state index contributed by atoms with van der Waals surface area (Å²) in [6.07, 6.45) is 0.575. The van der Waals surface area contributed by atoms with Crippen LogP contribution in [-0.4, -0.2) is 13.3 Å². The van der Waals surface area contributed by atoms with Gasteiger partial charge in [0.2, 0.25) is 0 Å². The summed E-state index contributed by atoms with van der Waals surface area (Å²) in [5.41, 5.74) is 1.41. The summed E-state index contributed by atoms with van der Waals surface area (Å²) in [6, 6.07) is 10.9. The van der Waals surface area contributed by atoms with Crippen molar-refractivity contribution in [1.82, 2.24) is 0 Å². The lowest BCUT2D eigenvalue weighted by Gasteiger charge is -2.10. The van der Waals surface area contributed by atoms with Gasteiger partial charge in [0.25, 0.3) is 14.7 Å². The molecule has 0 atom stereocenters. The fourth-order valence-electron chi connectivity index (χ4n) is 2.43. The molecule has 5 nitrogen and oxygen atoms in total. The highest BCUT2D eigenvalue weighted by Crippen LogP contribution is 2.33. The Labute approximate surface area is 139 Å². The Morgan fingerprint density at radius 1 is 1.17 bits per heavy atom. The van der Waals surface area contributed by atoms with Crippen LogP contribution in [0.1, 0.15) is 19.4 Å². The Morgan fingerprint density at radius 3 is 2.39 bits per heavy atom. The number of rotatable bonds is 5. The van der Waals surface area contributed by atoms with Gasteiger partial charge in [-0.3, -0.25) is 10.1 Å². The van der Waals surface area contributed by atoms with Crippen LogP contribution in [0.25, 0.3) is 11.1 Å². The molecule has 2 rings (SSSR count). The van der Waals surface area contributed by atoms with Gasteiger partial charge in [-0.05, 0) is 24.0 Å². The van der Waals surface area contributed by atoms with Gasteiger partial charge in [-0.1, -0.05) is 44.2 Å². The quantitative estimate of drug-likeness (QED) is 0.453. The second-order valence-electron chi connectivity index (χ2n) is 5.63. The molecule has 0 saturated heterocycles. The van der Waals surface area contributed by atoms with Crippen LogP contribution in [0.4, 0.5) is 5.69 Å². The van der Waals surface area contributed by atoms with Gasteiger partial charge in [-0.25, -0.2) is 8.42 Å².